The molecule has 2 saturated carbocycles. The molecule has 5 atom stereocenters. The van der Waals surface area contributed by atoms with E-state index in [4.69, 9.17) is 23.9 Å². The number of benzene rings is 2. The second kappa shape index (κ2) is 17.3. The number of fused-ring (bicyclic) bond motifs is 3. The third-order valence-corrected chi connectivity index (χ3v) is 12.7. The van der Waals surface area contributed by atoms with Crippen LogP contribution < -0.4 is 29.6 Å². The van der Waals surface area contributed by atoms with Crippen molar-refractivity contribution in [3.05, 3.63) is 60.7 Å². The number of nitrogens with zero attached hydrogens (tertiary/aromatic N) is 2. The van der Waals surface area contributed by atoms with Gasteiger partial charge < -0.3 is 39.2 Å². The van der Waals surface area contributed by atoms with Gasteiger partial charge in [-0.3, -0.25) is 19.1 Å². The van der Waals surface area contributed by atoms with Crippen LogP contribution in [0, 0.1) is 5.92 Å². The van der Waals surface area contributed by atoms with Crippen molar-refractivity contribution in [1.29, 1.82) is 0 Å². The lowest BCUT2D eigenvalue weighted by Gasteiger charge is -2.30. The van der Waals surface area contributed by atoms with Gasteiger partial charge in [-0.1, -0.05) is 12.2 Å². The quantitative estimate of drug-likeness (QED) is 0.246. The van der Waals surface area contributed by atoms with Crippen LogP contribution >= 0.6 is 0 Å². The Morgan fingerprint density at radius 1 is 1.02 bits per heavy atom. The Hall–Kier alpha value is -5.63. The fourth-order valence-corrected chi connectivity index (χ4v) is 8.93. The molecule has 2 aliphatic carbocycles. The Labute approximate surface area is 355 Å². The number of sulfonamides is 1. The molecule has 16 nitrogen and oxygen atoms in total. The summed E-state index contributed by atoms with van der Waals surface area (Å²) in [5.74, 6) is -2.74. The highest BCUT2D eigenvalue weighted by Crippen LogP contribution is 2.46. The number of aromatic nitrogens is 1. The lowest BCUT2D eigenvalue weighted by Crippen LogP contribution is -2.58. The number of pyridine rings is 1. The first-order chi connectivity index (χ1) is 29.2. The van der Waals surface area contributed by atoms with Crippen LogP contribution in [0.2, 0.25) is 0 Å². The van der Waals surface area contributed by atoms with E-state index in [1.165, 1.54) is 24.1 Å². The number of halogens is 3. The molecule has 3 heterocycles. The lowest BCUT2D eigenvalue weighted by atomic mass is 10.1. The van der Waals surface area contributed by atoms with E-state index in [9.17, 15) is 40.8 Å². The van der Waals surface area contributed by atoms with E-state index in [1.54, 1.807) is 57.2 Å². The number of methoxy groups -OCH3 is 1. The molecule has 4 amide bonds. The Morgan fingerprint density at radius 3 is 2.42 bits per heavy atom. The van der Waals surface area contributed by atoms with Crippen LogP contribution in [0.25, 0.3) is 22.0 Å². The molecule has 2 aliphatic heterocycles. The Bertz CT molecular complexity index is 2350. The number of carbonyl (C=O) groups excluding carboxylic acids is 4. The van der Waals surface area contributed by atoms with Crippen molar-refractivity contribution in [3.63, 3.8) is 0 Å². The van der Waals surface area contributed by atoms with Crippen LogP contribution in [0.1, 0.15) is 59.3 Å². The van der Waals surface area contributed by atoms with E-state index in [0.29, 0.717) is 47.0 Å². The monoisotopic (exact) mass is 887 g/mol. The minimum Gasteiger partial charge on any atom is -0.497 e. The van der Waals surface area contributed by atoms with E-state index in [-0.39, 0.29) is 44.9 Å². The summed E-state index contributed by atoms with van der Waals surface area (Å²) in [5.41, 5.74) is -1.81. The smallest absolute Gasteiger partial charge is 0.497 e. The zero-order valence-corrected chi connectivity index (χ0v) is 35.3. The van der Waals surface area contributed by atoms with Crippen molar-refractivity contribution in [2.45, 2.75) is 100 Å². The van der Waals surface area contributed by atoms with Crippen molar-refractivity contribution < 1.29 is 64.5 Å². The van der Waals surface area contributed by atoms with Gasteiger partial charge >= 0.3 is 12.5 Å². The first kappa shape index (κ1) is 44.4. The summed E-state index contributed by atoms with van der Waals surface area (Å²) in [6.07, 6.45) is -2.08. The molecule has 3 fully saturated rings. The van der Waals surface area contributed by atoms with Crippen LogP contribution in [-0.4, -0.2) is 110 Å². The largest absolute Gasteiger partial charge is 0.573 e. The highest BCUT2D eigenvalue weighted by atomic mass is 32.2. The van der Waals surface area contributed by atoms with E-state index in [2.05, 4.69) is 20.1 Å². The summed E-state index contributed by atoms with van der Waals surface area (Å²) in [6, 6.07) is 9.44. The lowest BCUT2D eigenvalue weighted by molar-refractivity contribution is -0.274. The average molecular weight is 888 g/mol. The fourth-order valence-electron chi connectivity index (χ4n) is 7.56. The van der Waals surface area contributed by atoms with Gasteiger partial charge in [0, 0.05) is 29.9 Å². The van der Waals surface area contributed by atoms with Crippen molar-refractivity contribution in [3.8, 4) is 28.6 Å². The van der Waals surface area contributed by atoms with E-state index >= 15 is 0 Å². The average Bonchev–Trinajstić information content (AvgIpc) is 4.12. The molecule has 20 heteroatoms. The molecule has 1 aromatic heterocycles. The number of alkyl halides is 3. The molecule has 2 unspecified atom stereocenters. The van der Waals surface area contributed by atoms with Crippen molar-refractivity contribution in [2.75, 3.05) is 26.9 Å². The van der Waals surface area contributed by atoms with Gasteiger partial charge in [-0.05, 0) is 107 Å². The van der Waals surface area contributed by atoms with Gasteiger partial charge in [-0.2, -0.15) is 0 Å². The van der Waals surface area contributed by atoms with E-state index in [0.717, 1.165) is 12.1 Å². The number of nitrogens with one attached hydrogen (secondary N) is 3. The number of ether oxygens (including phenoxy) is 5. The second-order valence-corrected chi connectivity index (χ2v) is 18.7. The van der Waals surface area contributed by atoms with Crippen molar-refractivity contribution in [2.24, 2.45) is 5.92 Å². The number of amides is 4. The molecule has 0 spiro atoms. The zero-order chi connectivity index (χ0) is 44.6. The summed E-state index contributed by atoms with van der Waals surface area (Å²) in [5, 5.41) is 5.84. The molecular formula is C42H48F3N5O11S. The maximum Gasteiger partial charge on any atom is 0.573 e. The predicted molar refractivity (Wildman–Crippen MR) is 216 cm³/mol. The first-order valence-electron chi connectivity index (χ1n) is 20.2. The van der Waals surface area contributed by atoms with Crippen LogP contribution in [-0.2, 0) is 33.9 Å². The number of hydrogen-bond donors (Lipinski definition) is 3. The molecule has 0 bridgehead atoms. The third kappa shape index (κ3) is 10.5. The number of rotatable bonds is 9. The highest BCUT2D eigenvalue weighted by molar-refractivity contribution is 7.91. The summed E-state index contributed by atoms with van der Waals surface area (Å²) in [6.45, 7) is 5.16. The normalized spacial score (nSPS) is 24.7. The van der Waals surface area contributed by atoms with Gasteiger partial charge in [0.25, 0.3) is 5.91 Å². The van der Waals surface area contributed by atoms with Gasteiger partial charge in [-0.25, -0.2) is 18.2 Å². The SMILES string of the molecule is COc1ccc2c(OC3C[C@H]4C(=O)N[C@]5(C(=O)NS(=O)(=O)C6CC6)CC5C=CCOCCC[C@H](NC(=O)OC(C)(C)C)C(=O)N4C3)nc(-c3ccc(OC(F)(F)F)cc3)cc2c1. The molecule has 1 saturated heterocycles. The van der Waals surface area contributed by atoms with Gasteiger partial charge in [-0.15, -0.1) is 13.2 Å². The van der Waals surface area contributed by atoms with Crippen LogP contribution in [0.4, 0.5) is 18.0 Å². The van der Waals surface area contributed by atoms with Crippen LogP contribution in [0.3, 0.4) is 0 Å². The van der Waals surface area contributed by atoms with E-state index < -0.39 is 86.4 Å². The fraction of sp³-hybridized carbons (Fsp3) is 0.500. The standard InChI is InChI=1S/C42H48F3N5O11S/c1-40(2,3)61-39(54)47-32-8-6-18-58-17-5-7-26-22-41(26,38(53)49-62(55,56)30-14-15-30)48-35(51)34-21-29(23-50(34)37(32)52)59-36-31-16-13-28(57-4)19-25(31)20-33(46-36)24-9-11-27(12-10-24)60-42(43,44)45/h5,7,9-13,16,19-20,26,29-30,32,34H,6,8,14-15,17-18,21-23H2,1-4H3,(H,47,54)(H,48,51)(H,49,53)/t26?,29?,32-,34-,41+/m0/s1. The van der Waals surface area contributed by atoms with E-state index in [1.807, 2.05) is 0 Å². The molecule has 334 valence electrons. The first-order valence-corrected chi connectivity index (χ1v) is 21.7. The maximum absolute atomic E-state index is 14.6. The third-order valence-electron chi connectivity index (χ3n) is 10.8. The summed E-state index contributed by atoms with van der Waals surface area (Å²) >= 11 is 0. The van der Waals surface area contributed by atoms with Crippen LogP contribution in [0.15, 0.2) is 60.7 Å². The predicted octanol–water partition coefficient (Wildman–Crippen LogP) is 4.90. The Morgan fingerprint density at radius 2 is 1.74 bits per heavy atom. The summed E-state index contributed by atoms with van der Waals surface area (Å²) in [7, 11) is -2.50. The number of hydrogen-bond acceptors (Lipinski definition) is 12. The van der Waals surface area contributed by atoms with Crippen molar-refractivity contribution >= 4 is 44.6 Å². The minimum absolute atomic E-state index is 0.0745. The van der Waals surface area contributed by atoms with Gasteiger partial charge in [0.05, 0.1) is 31.2 Å². The molecule has 7 rings (SSSR count). The summed E-state index contributed by atoms with van der Waals surface area (Å²) < 4.78 is 93.9. The highest BCUT2D eigenvalue weighted by Gasteiger charge is 2.62. The summed E-state index contributed by atoms with van der Waals surface area (Å²) in [4.78, 5) is 62.0. The molecule has 3 aromatic rings. The Kier molecular flexibility index (Phi) is 12.4. The molecule has 4 aliphatic rings. The minimum atomic E-state index is -4.89. The molecular weight excluding hydrogens is 840 g/mol. The maximum atomic E-state index is 14.6. The molecule has 2 aromatic carbocycles. The molecule has 0 radical (unpaired) electrons. The molecule has 3 N–H and O–H groups in total. The molecule has 62 heavy (non-hydrogen) atoms. The van der Waals surface area contributed by atoms with Crippen LogP contribution in [0.5, 0.6) is 17.4 Å². The zero-order valence-electron chi connectivity index (χ0n) is 34.5. The van der Waals surface area contributed by atoms with Gasteiger partial charge in [0.1, 0.15) is 40.8 Å². The van der Waals surface area contributed by atoms with Gasteiger partial charge in [0.15, 0.2) is 0 Å². The number of carbonyl (C=O) groups is 4. The Balaban J connectivity index is 1.23. The second-order valence-electron chi connectivity index (χ2n) is 16.7. The number of alkyl carbamates (subject to hydrolysis) is 1. The van der Waals surface area contributed by atoms with Crippen molar-refractivity contribution in [1.82, 2.24) is 25.2 Å². The topological polar surface area (TPSA) is 201 Å². The van der Waals surface area contributed by atoms with Gasteiger partial charge in [0.2, 0.25) is 27.7 Å².